The van der Waals surface area contributed by atoms with Gasteiger partial charge < -0.3 is 24.1 Å². The molecular weight excluding hydrogens is 308 g/mol. The number of ether oxygens (including phenoxy) is 2. The first-order valence-corrected chi connectivity index (χ1v) is 8.69. The van der Waals surface area contributed by atoms with Crippen LogP contribution in [0, 0.1) is 5.41 Å². The van der Waals surface area contributed by atoms with Crippen LogP contribution in [0.4, 0.5) is 4.79 Å². The van der Waals surface area contributed by atoms with Gasteiger partial charge in [-0.2, -0.15) is 0 Å². The minimum absolute atomic E-state index is 0.0573. The van der Waals surface area contributed by atoms with Crippen LogP contribution in [0.2, 0.25) is 0 Å². The highest BCUT2D eigenvalue weighted by atomic mass is 16.6. The molecule has 0 saturated carbocycles. The van der Waals surface area contributed by atoms with Gasteiger partial charge in [0.05, 0.1) is 12.8 Å². The van der Waals surface area contributed by atoms with E-state index in [0.29, 0.717) is 13.1 Å². The molecule has 2 saturated heterocycles. The van der Waals surface area contributed by atoms with Crippen molar-refractivity contribution >= 4 is 6.09 Å². The summed E-state index contributed by atoms with van der Waals surface area (Å²) in [6.07, 6.45) is 3.38. The molecular formula is C18H28N2O4. The molecule has 24 heavy (non-hydrogen) atoms. The maximum Gasteiger partial charge on any atom is 0.410 e. The van der Waals surface area contributed by atoms with Crippen LogP contribution in [-0.4, -0.2) is 48.9 Å². The lowest BCUT2D eigenvalue weighted by atomic mass is 9.76. The Morgan fingerprint density at radius 2 is 2.17 bits per heavy atom. The molecule has 1 N–H and O–H groups in total. The number of nitrogens with zero attached hydrogens (tertiary/aromatic N) is 1. The summed E-state index contributed by atoms with van der Waals surface area (Å²) < 4.78 is 16.5. The Bertz CT molecular complexity index is 544. The Morgan fingerprint density at radius 3 is 2.79 bits per heavy atom. The Morgan fingerprint density at radius 1 is 1.42 bits per heavy atom. The Balaban J connectivity index is 1.68. The number of likely N-dealkylation sites (tertiary alicyclic amines) is 1. The standard InChI is InChI=1S/C18H28N2O4/c1-17(2,3)24-16(21)20-12-15(19-11-14-5-4-8-23-14)18(13-20)6-9-22-10-7-18/h4-5,8,15,19H,6-7,9-13H2,1-3H3. The normalized spacial score (nSPS) is 23.6. The summed E-state index contributed by atoms with van der Waals surface area (Å²) in [4.78, 5) is 14.3. The van der Waals surface area contributed by atoms with E-state index in [4.69, 9.17) is 13.9 Å². The molecule has 1 atom stereocenters. The summed E-state index contributed by atoms with van der Waals surface area (Å²) in [7, 11) is 0. The van der Waals surface area contributed by atoms with Crippen molar-refractivity contribution in [2.24, 2.45) is 5.41 Å². The SMILES string of the molecule is CC(C)(C)OC(=O)N1CC(NCc2ccco2)C2(CCOCC2)C1. The van der Waals surface area contributed by atoms with Gasteiger partial charge in [-0.15, -0.1) is 0 Å². The highest BCUT2D eigenvalue weighted by Crippen LogP contribution is 2.40. The largest absolute Gasteiger partial charge is 0.468 e. The number of carbonyl (C=O) groups is 1. The molecule has 134 valence electrons. The number of hydrogen-bond acceptors (Lipinski definition) is 5. The van der Waals surface area contributed by atoms with E-state index >= 15 is 0 Å². The molecule has 6 nitrogen and oxygen atoms in total. The summed E-state index contributed by atoms with van der Waals surface area (Å²) in [6.45, 7) is 9.26. The minimum atomic E-state index is -0.473. The van der Waals surface area contributed by atoms with Gasteiger partial charge in [0.1, 0.15) is 11.4 Å². The van der Waals surface area contributed by atoms with E-state index in [9.17, 15) is 4.79 Å². The third kappa shape index (κ3) is 3.92. The van der Waals surface area contributed by atoms with Crippen LogP contribution in [0.5, 0.6) is 0 Å². The van der Waals surface area contributed by atoms with E-state index < -0.39 is 5.60 Å². The summed E-state index contributed by atoms with van der Waals surface area (Å²) in [6, 6.07) is 4.08. The van der Waals surface area contributed by atoms with Crippen molar-refractivity contribution in [2.45, 2.75) is 51.8 Å². The van der Waals surface area contributed by atoms with E-state index in [-0.39, 0.29) is 17.6 Å². The number of amides is 1. The van der Waals surface area contributed by atoms with Gasteiger partial charge in [0, 0.05) is 37.8 Å². The first-order valence-electron chi connectivity index (χ1n) is 8.69. The molecule has 0 aromatic carbocycles. The van der Waals surface area contributed by atoms with Gasteiger partial charge in [-0.25, -0.2) is 4.79 Å². The zero-order valence-electron chi connectivity index (χ0n) is 14.8. The van der Waals surface area contributed by atoms with Gasteiger partial charge in [0.2, 0.25) is 0 Å². The third-order valence-corrected chi connectivity index (χ3v) is 4.89. The fraction of sp³-hybridized carbons (Fsp3) is 0.722. The number of hydrogen-bond donors (Lipinski definition) is 1. The molecule has 3 rings (SSSR count). The van der Waals surface area contributed by atoms with E-state index in [0.717, 1.165) is 38.4 Å². The second kappa shape index (κ2) is 6.76. The van der Waals surface area contributed by atoms with Crippen LogP contribution in [0.15, 0.2) is 22.8 Å². The van der Waals surface area contributed by atoms with Crippen LogP contribution in [-0.2, 0) is 16.0 Å². The van der Waals surface area contributed by atoms with E-state index in [1.54, 1.807) is 6.26 Å². The van der Waals surface area contributed by atoms with Crippen LogP contribution >= 0.6 is 0 Å². The molecule has 0 radical (unpaired) electrons. The van der Waals surface area contributed by atoms with Crippen molar-refractivity contribution in [3.63, 3.8) is 0 Å². The van der Waals surface area contributed by atoms with E-state index in [2.05, 4.69) is 5.32 Å². The fourth-order valence-corrected chi connectivity index (χ4v) is 3.64. The lowest BCUT2D eigenvalue weighted by Gasteiger charge is -2.38. The second-order valence-electron chi connectivity index (χ2n) is 7.85. The van der Waals surface area contributed by atoms with Crippen molar-refractivity contribution in [1.29, 1.82) is 0 Å². The zero-order valence-corrected chi connectivity index (χ0v) is 14.8. The molecule has 3 heterocycles. The van der Waals surface area contributed by atoms with Gasteiger partial charge in [0.25, 0.3) is 0 Å². The summed E-state index contributed by atoms with van der Waals surface area (Å²) in [5.74, 6) is 0.910. The number of rotatable bonds is 3. The Hall–Kier alpha value is -1.53. The van der Waals surface area contributed by atoms with Crippen LogP contribution in [0.25, 0.3) is 0 Å². The first kappa shape index (κ1) is 17.3. The molecule has 1 spiro atoms. The lowest BCUT2D eigenvalue weighted by molar-refractivity contribution is 0.00175. The van der Waals surface area contributed by atoms with Crippen molar-refractivity contribution in [2.75, 3.05) is 26.3 Å². The van der Waals surface area contributed by atoms with Gasteiger partial charge in [-0.05, 0) is 45.7 Å². The Kier molecular flexibility index (Phi) is 4.88. The molecule has 6 heteroatoms. The maximum absolute atomic E-state index is 12.5. The van der Waals surface area contributed by atoms with E-state index in [1.165, 1.54) is 0 Å². The van der Waals surface area contributed by atoms with Crippen LogP contribution in [0.1, 0.15) is 39.4 Å². The molecule has 2 aliphatic rings. The quantitative estimate of drug-likeness (QED) is 0.919. The summed E-state index contributed by atoms with van der Waals surface area (Å²) in [5.41, 5.74) is -0.415. The number of carbonyl (C=O) groups excluding carboxylic acids is 1. The van der Waals surface area contributed by atoms with Crippen LogP contribution < -0.4 is 5.32 Å². The number of furan rings is 1. The van der Waals surface area contributed by atoms with Gasteiger partial charge in [0.15, 0.2) is 0 Å². The topological polar surface area (TPSA) is 63.9 Å². The van der Waals surface area contributed by atoms with Crippen LogP contribution in [0.3, 0.4) is 0 Å². The second-order valence-corrected chi connectivity index (χ2v) is 7.85. The average Bonchev–Trinajstić information content (AvgIpc) is 3.13. The Labute approximate surface area is 143 Å². The van der Waals surface area contributed by atoms with E-state index in [1.807, 2.05) is 37.8 Å². The van der Waals surface area contributed by atoms with Crippen molar-refractivity contribution in [1.82, 2.24) is 10.2 Å². The molecule has 1 aromatic heterocycles. The molecule has 2 fully saturated rings. The highest BCUT2D eigenvalue weighted by Gasteiger charge is 2.49. The third-order valence-electron chi connectivity index (χ3n) is 4.89. The molecule has 1 aromatic rings. The fourth-order valence-electron chi connectivity index (χ4n) is 3.64. The molecule has 1 amide bonds. The molecule has 0 aliphatic carbocycles. The minimum Gasteiger partial charge on any atom is -0.468 e. The molecule has 0 bridgehead atoms. The van der Waals surface area contributed by atoms with Gasteiger partial charge in [-0.1, -0.05) is 0 Å². The predicted molar refractivity (Wildman–Crippen MR) is 89.6 cm³/mol. The lowest BCUT2D eigenvalue weighted by Crippen LogP contribution is -2.47. The smallest absolute Gasteiger partial charge is 0.410 e. The molecule has 1 unspecified atom stereocenters. The summed E-state index contributed by atoms with van der Waals surface area (Å²) in [5, 5.41) is 3.59. The maximum atomic E-state index is 12.5. The number of nitrogens with one attached hydrogen (secondary N) is 1. The summed E-state index contributed by atoms with van der Waals surface area (Å²) >= 11 is 0. The van der Waals surface area contributed by atoms with Gasteiger partial charge >= 0.3 is 6.09 Å². The van der Waals surface area contributed by atoms with Crippen molar-refractivity contribution in [3.05, 3.63) is 24.2 Å². The van der Waals surface area contributed by atoms with Gasteiger partial charge in [-0.3, -0.25) is 0 Å². The highest BCUT2D eigenvalue weighted by molar-refractivity contribution is 5.68. The monoisotopic (exact) mass is 336 g/mol. The van der Waals surface area contributed by atoms with Crippen molar-refractivity contribution < 1.29 is 18.7 Å². The predicted octanol–water partition coefficient (Wildman–Crippen LogP) is 2.79. The van der Waals surface area contributed by atoms with Crippen molar-refractivity contribution in [3.8, 4) is 0 Å². The molecule has 2 aliphatic heterocycles. The zero-order chi connectivity index (χ0) is 17.2. The first-order chi connectivity index (χ1) is 11.4. The average molecular weight is 336 g/mol.